The lowest BCUT2D eigenvalue weighted by atomic mass is 10.1. The fourth-order valence-electron chi connectivity index (χ4n) is 2.51. The van der Waals surface area contributed by atoms with Gasteiger partial charge in [-0.3, -0.25) is 9.59 Å². The van der Waals surface area contributed by atoms with Crippen molar-refractivity contribution in [2.24, 2.45) is 0 Å². The van der Waals surface area contributed by atoms with Gasteiger partial charge in [0.05, 0.1) is 11.8 Å². The maximum absolute atomic E-state index is 13.6. The lowest BCUT2D eigenvalue weighted by molar-refractivity contribution is -0.146. The average molecular weight is 416 g/mol. The number of carbonyl (C=O) groups is 2. The maximum Gasteiger partial charge on any atom is 0.316 e. The van der Waals surface area contributed by atoms with E-state index >= 15 is 0 Å². The zero-order valence-corrected chi connectivity index (χ0v) is 16.5. The molecule has 0 aliphatic carbocycles. The summed E-state index contributed by atoms with van der Waals surface area (Å²) in [7, 11) is 0. The Balaban J connectivity index is 1.52. The van der Waals surface area contributed by atoms with Crippen LogP contribution in [0.15, 0.2) is 77.0 Å². The van der Waals surface area contributed by atoms with Crippen molar-refractivity contribution in [3.63, 3.8) is 0 Å². The lowest BCUT2D eigenvalue weighted by Gasteiger charge is -2.18. The minimum atomic E-state index is -0.573. The number of carbonyl (C=O) groups excluding carboxylic acids is 2. The highest BCUT2D eigenvalue weighted by atomic mass is 32.2. The SMILES string of the molecule is O=C(COC(=O)CSc1ccccc1F)N[C@H](c1ccccc1)c1cccs1. The number of thiophene rings is 1. The van der Waals surface area contributed by atoms with Crippen LogP contribution in [0.2, 0.25) is 0 Å². The number of hydrogen-bond acceptors (Lipinski definition) is 5. The van der Waals surface area contributed by atoms with E-state index in [1.807, 2.05) is 47.8 Å². The summed E-state index contributed by atoms with van der Waals surface area (Å²) in [6, 6.07) is 19.3. The number of thioether (sulfide) groups is 1. The van der Waals surface area contributed by atoms with E-state index in [9.17, 15) is 14.0 Å². The molecule has 28 heavy (non-hydrogen) atoms. The summed E-state index contributed by atoms with van der Waals surface area (Å²) in [5.74, 6) is -1.43. The van der Waals surface area contributed by atoms with E-state index in [4.69, 9.17) is 4.74 Å². The summed E-state index contributed by atoms with van der Waals surface area (Å²) in [4.78, 5) is 25.5. The summed E-state index contributed by atoms with van der Waals surface area (Å²) >= 11 is 2.57. The predicted molar refractivity (Wildman–Crippen MR) is 109 cm³/mol. The van der Waals surface area contributed by atoms with Crippen molar-refractivity contribution in [2.75, 3.05) is 12.4 Å². The first kappa shape index (κ1) is 20.1. The molecule has 2 aromatic carbocycles. The third-order valence-corrected chi connectivity index (χ3v) is 5.77. The molecule has 0 radical (unpaired) electrons. The third kappa shape index (κ3) is 5.68. The molecule has 0 spiro atoms. The summed E-state index contributed by atoms with van der Waals surface area (Å²) in [5, 5.41) is 4.84. The third-order valence-electron chi connectivity index (χ3n) is 3.81. The molecular formula is C21H18FNO3S2. The molecule has 3 rings (SSSR count). The highest BCUT2D eigenvalue weighted by Gasteiger charge is 2.18. The van der Waals surface area contributed by atoms with Gasteiger partial charge in [-0.25, -0.2) is 4.39 Å². The Bertz CT molecular complexity index is 916. The molecule has 1 amide bonds. The minimum absolute atomic E-state index is 0.0682. The second-order valence-electron chi connectivity index (χ2n) is 5.81. The van der Waals surface area contributed by atoms with E-state index in [1.54, 1.807) is 18.2 Å². The number of rotatable bonds is 8. The molecule has 0 aliphatic rings. The summed E-state index contributed by atoms with van der Waals surface area (Å²) < 4.78 is 18.6. The Kier molecular flexibility index (Phi) is 7.22. The van der Waals surface area contributed by atoms with Crippen LogP contribution in [-0.2, 0) is 14.3 Å². The van der Waals surface area contributed by atoms with Crippen LogP contribution in [0.3, 0.4) is 0 Å². The Labute approximate surface area is 170 Å². The second-order valence-corrected chi connectivity index (χ2v) is 7.80. The fraction of sp³-hybridized carbons (Fsp3) is 0.143. The van der Waals surface area contributed by atoms with Gasteiger partial charge in [0.25, 0.3) is 5.91 Å². The van der Waals surface area contributed by atoms with Crippen LogP contribution in [-0.4, -0.2) is 24.2 Å². The first-order valence-corrected chi connectivity index (χ1v) is 10.4. The molecule has 144 valence electrons. The van der Waals surface area contributed by atoms with Crippen LogP contribution in [0.1, 0.15) is 16.5 Å². The maximum atomic E-state index is 13.6. The number of amides is 1. The number of benzene rings is 2. The highest BCUT2D eigenvalue weighted by Crippen LogP contribution is 2.26. The van der Waals surface area contributed by atoms with Crippen LogP contribution in [0.5, 0.6) is 0 Å². The van der Waals surface area contributed by atoms with Gasteiger partial charge in [-0.2, -0.15) is 0 Å². The first-order valence-electron chi connectivity index (χ1n) is 8.54. The van der Waals surface area contributed by atoms with Crippen LogP contribution in [0, 0.1) is 5.82 Å². The number of nitrogens with one attached hydrogen (secondary N) is 1. The number of esters is 1. The summed E-state index contributed by atoms with van der Waals surface area (Å²) in [6.45, 7) is -0.384. The number of halogens is 1. The van der Waals surface area contributed by atoms with Gasteiger partial charge < -0.3 is 10.1 Å². The molecule has 1 aromatic heterocycles. The van der Waals surface area contributed by atoms with E-state index in [2.05, 4.69) is 5.32 Å². The molecule has 7 heteroatoms. The van der Waals surface area contributed by atoms with Gasteiger partial charge in [0.1, 0.15) is 5.82 Å². The molecule has 0 aliphatic heterocycles. The Hall–Kier alpha value is -2.64. The van der Waals surface area contributed by atoms with E-state index in [1.165, 1.54) is 17.4 Å². The molecule has 0 fully saturated rings. The highest BCUT2D eigenvalue weighted by molar-refractivity contribution is 8.00. The Morgan fingerprint density at radius 1 is 1.04 bits per heavy atom. The van der Waals surface area contributed by atoms with Crippen molar-refractivity contribution in [3.05, 3.63) is 88.4 Å². The average Bonchev–Trinajstić information content (AvgIpc) is 3.25. The molecule has 0 saturated carbocycles. The zero-order valence-electron chi connectivity index (χ0n) is 14.8. The summed E-state index contributed by atoms with van der Waals surface area (Å²) in [6.07, 6.45) is 0. The molecule has 0 saturated heterocycles. The van der Waals surface area contributed by atoms with Crippen LogP contribution >= 0.6 is 23.1 Å². The minimum Gasteiger partial charge on any atom is -0.455 e. The van der Waals surface area contributed by atoms with Gasteiger partial charge in [0, 0.05) is 9.77 Å². The number of hydrogen-bond donors (Lipinski definition) is 1. The number of ether oxygens (including phenoxy) is 1. The monoisotopic (exact) mass is 415 g/mol. The second kappa shape index (κ2) is 10.1. The van der Waals surface area contributed by atoms with Crippen LogP contribution in [0.4, 0.5) is 4.39 Å². The van der Waals surface area contributed by atoms with Crippen molar-refractivity contribution in [3.8, 4) is 0 Å². The molecule has 3 aromatic rings. The van der Waals surface area contributed by atoms with Gasteiger partial charge in [0.2, 0.25) is 0 Å². The standard InChI is InChI=1S/C21H18FNO3S2/c22-16-9-4-5-10-17(16)28-14-20(25)26-13-19(24)23-21(18-11-6-12-27-18)15-7-2-1-3-8-15/h1-12,21H,13-14H2,(H,23,24)/t21-/m1/s1. The molecule has 4 nitrogen and oxygen atoms in total. The van der Waals surface area contributed by atoms with Crippen LogP contribution < -0.4 is 5.32 Å². The largest absolute Gasteiger partial charge is 0.455 e. The van der Waals surface area contributed by atoms with Crippen molar-refractivity contribution < 1.29 is 18.7 Å². The molecule has 0 bridgehead atoms. The van der Waals surface area contributed by atoms with E-state index in [-0.39, 0.29) is 24.2 Å². The lowest BCUT2D eigenvalue weighted by Crippen LogP contribution is -2.33. The molecule has 1 N–H and O–H groups in total. The van der Waals surface area contributed by atoms with Crippen molar-refractivity contribution in [2.45, 2.75) is 10.9 Å². The molecular weight excluding hydrogens is 397 g/mol. The van der Waals surface area contributed by atoms with Crippen molar-refractivity contribution in [1.82, 2.24) is 5.32 Å². The fourth-order valence-corrected chi connectivity index (χ4v) is 4.05. The predicted octanol–water partition coefficient (Wildman–Crippen LogP) is 4.43. The van der Waals surface area contributed by atoms with E-state index < -0.39 is 11.9 Å². The van der Waals surface area contributed by atoms with E-state index in [0.717, 1.165) is 22.2 Å². The van der Waals surface area contributed by atoms with Gasteiger partial charge in [-0.15, -0.1) is 23.1 Å². The Morgan fingerprint density at radius 3 is 2.50 bits per heavy atom. The first-order chi connectivity index (χ1) is 13.6. The van der Waals surface area contributed by atoms with Gasteiger partial charge >= 0.3 is 5.97 Å². The summed E-state index contributed by atoms with van der Waals surface area (Å²) in [5.41, 5.74) is 0.944. The molecule has 0 unspecified atom stereocenters. The molecule has 1 heterocycles. The van der Waals surface area contributed by atoms with E-state index in [0.29, 0.717) is 4.90 Å². The smallest absolute Gasteiger partial charge is 0.316 e. The van der Waals surface area contributed by atoms with Gasteiger partial charge in [-0.1, -0.05) is 48.5 Å². The van der Waals surface area contributed by atoms with Gasteiger partial charge in [-0.05, 0) is 29.1 Å². The normalized spacial score (nSPS) is 11.6. The molecule has 1 atom stereocenters. The van der Waals surface area contributed by atoms with Crippen LogP contribution in [0.25, 0.3) is 0 Å². The quantitative estimate of drug-likeness (QED) is 0.437. The van der Waals surface area contributed by atoms with Gasteiger partial charge in [0.15, 0.2) is 6.61 Å². The zero-order chi connectivity index (χ0) is 19.8. The van der Waals surface area contributed by atoms with Crippen molar-refractivity contribution >= 4 is 35.0 Å². The van der Waals surface area contributed by atoms with Crippen molar-refractivity contribution in [1.29, 1.82) is 0 Å². The Morgan fingerprint density at radius 2 is 1.79 bits per heavy atom. The topological polar surface area (TPSA) is 55.4 Å².